The van der Waals surface area contributed by atoms with Crippen molar-refractivity contribution in [1.82, 2.24) is 0 Å². The summed E-state index contributed by atoms with van der Waals surface area (Å²) in [7, 11) is 3.14. The molecule has 0 spiro atoms. The Hall–Kier alpha value is -3.05. The van der Waals surface area contributed by atoms with E-state index in [1.165, 1.54) is 13.2 Å². The SMILES string of the molecule is COC1=CCC(c2ccc(CCc3ccc(C4=CCC(OC)C=C4)c(F)c3F)cc2)C(F)=C1. The number of halogens is 3. The third-order valence-electron chi connectivity index (χ3n) is 6.31. The summed E-state index contributed by atoms with van der Waals surface area (Å²) in [4.78, 5) is 0. The number of aryl methyl sites for hydroxylation is 2. The molecule has 2 aromatic carbocycles. The lowest BCUT2D eigenvalue weighted by Gasteiger charge is -2.19. The van der Waals surface area contributed by atoms with E-state index in [2.05, 4.69) is 0 Å². The minimum Gasteiger partial charge on any atom is -0.497 e. The van der Waals surface area contributed by atoms with Crippen molar-refractivity contribution in [2.45, 2.75) is 37.7 Å². The lowest BCUT2D eigenvalue weighted by Crippen LogP contribution is -2.09. The first kappa shape index (κ1) is 23.1. The van der Waals surface area contributed by atoms with Crippen molar-refractivity contribution in [2.75, 3.05) is 14.2 Å². The molecule has 0 radical (unpaired) electrons. The summed E-state index contributed by atoms with van der Waals surface area (Å²) in [6, 6.07) is 10.9. The van der Waals surface area contributed by atoms with E-state index >= 15 is 0 Å². The molecule has 4 rings (SSSR count). The molecule has 0 aromatic heterocycles. The standard InChI is InChI=1S/C28H27F3O2/c1-32-22-12-9-20(10-13-22)25-15-11-21(27(30)28(25)31)8-5-18-3-6-19(7-4-18)24-16-14-23(33-2)17-26(24)29/h3-4,6-7,9-12,14-15,17,22,24H,5,8,13,16H2,1-2H3. The van der Waals surface area contributed by atoms with Crippen molar-refractivity contribution in [1.29, 1.82) is 0 Å². The number of hydrogen-bond acceptors (Lipinski definition) is 2. The van der Waals surface area contributed by atoms with Gasteiger partial charge < -0.3 is 9.47 Å². The molecule has 0 saturated heterocycles. The minimum absolute atomic E-state index is 0.0303. The van der Waals surface area contributed by atoms with Crippen LogP contribution in [0.3, 0.4) is 0 Å². The van der Waals surface area contributed by atoms with Crippen molar-refractivity contribution in [3.63, 3.8) is 0 Å². The van der Waals surface area contributed by atoms with Gasteiger partial charge in [0.25, 0.3) is 0 Å². The highest BCUT2D eigenvalue weighted by atomic mass is 19.2. The van der Waals surface area contributed by atoms with E-state index in [4.69, 9.17) is 9.47 Å². The average Bonchev–Trinajstić information content (AvgIpc) is 2.85. The van der Waals surface area contributed by atoms with Crippen molar-refractivity contribution in [3.05, 3.63) is 112 Å². The number of rotatable bonds is 7. The summed E-state index contributed by atoms with van der Waals surface area (Å²) in [5.74, 6) is -1.63. The maximum absolute atomic E-state index is 14.8. The first-order valence-corrected chi connectivity index (χ1v) is 11.1. The largest absolute Gasteiger partial charge is 0.497 e. The Labute approximate surface area is 192 Å². The van der Waals surface area contributed by atoms with E-state index in [-0.39, 0.29) is 23.4 Å². The van der Waals surface area contributed by atoms with E-state index in [0.717, 1.165) is 11.1 Å². The zero-order chi connectivity index (χ0) is 23.4. The molecule has 0 fully saturated rings. The molecule has 2 aliphatic carbocycles. The van der Waals surface area contributed by atoms with Crippen LogP contribution in [0, 0.1) is 11.6 Å². The molecule has 2 aliphatic rings. The Morgan fingerprint density at radius 2 is 1.67 bits per heavy atom. The highest BCUT2D eigenvalue weighted by molar-refractivity contribution is 5.75. The van der Waals surface area contributed by atoms with Crippen LogP contribution in [0.5, 0.6) is 0 Å². The Bertz CT molecular complexity index is 1130. The van der Waals surface area contributed by atoms with Crippen LogP contribution >= 0.6 is 0 Å². The van der Waals surface area contributed by atoms with Gasteiger partial charge in [-0.3, -0.25) is 0 Å². The molecule has 2 atom stereocenters. The predicted molar refractivity (Wildman–Crippen MR) is 124 cm³/mol. The molecule has 172 valence electrons. The molecule has 0 N–H and O–H groups in total. The summed E-state index contributed by atoms with van der Waals surface area (Å²) in [6.45, 7) is 0. The lowest BCUT2D eigenvalue weighted by atomic mass is 9.90. The summed E-state index contributed by atoms with van der Waals surface area (Å²) < 4.78 is 54.2. The van der Waals surface area contributed by atoms with Gasteiger partial charge in [0.15, 0.2) is 11.6 Å². The van der Waals surface area contributed by atoms with Gasteiger partial charge in [0.1, 0.15) is 11.6 Å². The molecule has 2 nitrogen and oxygen atoms in total. The average molecular weight is 453 g/mol. The second-order valence-electron chi connectivity index (χ2n) is 8.30. The second-order valence-corrected chi connectivity index (χ2v) is 8.30. The maximum Gasteiger partial charge on any atom is 0.166 e. The van der Waals surface area contributed by atoms with Crippen LogP contribution in [0.2, 0.25) is 0 Å². The normalized spacial score (nSPS) is 20.2. The third-order valence-corrected chi connectivity index (χ3v) is 6.31. The minimum atomic E-state index is -0.822. The van der Waals surface area contributed by atoms with E-state index in [1.807, 2.05) is 42.5 Å². The number of hydrogen-bond donors (Lipinski definition) is 0. The summed E-state index contributed by atoms with van der Waals surface area (Å²) >= 11 is 0. The fourth-order valence-electron chi connectivity index (χ4n) is 4.26. The highest BCUT2D eigenvalue weighted by Crippen LogP contribution is 2.34. The van der Waals surface area contributed by atoms with E-state index in [9.17, 15) is 13.2 Å². The first-order chi connectivity index (χ1) is 16.0. The zero-order valence-corrected chi connectivity index (χ0v) is 18.8. The van der Waals surface area contributed by atoms with Gasteiger partial charge >= 0.3 is 0 Å². The van der Waals surface area contributed by atoms with Crippen LogP contribution < -0.4 is 0 Å². The second kappa shape index (κ2) is 10.3. The fraction of sp³-hybridized carbons (Fsp3) is 0.286. The molecule has 5 heteroatoms. The molecule has 33 heavy (non-hydrogen) atoms. The molecule has 0 bridgehead atoms. The summed E-state index contributed by atoms with van der Waals surface area (Å²) in [5, 5.41) is 0. The molecule has 0 amide bonds. The number of benzene rings is 2. The highest BCUT2D eigenvalue weighted by Gasteiger charge is 2.21. The quantitative estimate of drug-likeness (QED) is 0.451. The van der Waals surface area contributed by atoms with E-state index < -0.39 is 11.6 Å². The van der Waals surface area contributed by atoms with Gasteiger partial charge in [0, 0.05) is 24.7 Å². The van der Waals surface area contributed by atoms with Crippen LogP contribution in [-0.2, 0) is 22.3 Å². The number of ether oxygens (including phenoxy) is 2. The first-order valence-electron chi connectivity index (χ1n) is 11.1. The predicted octanol–water partition coefficient (Wildman–Crippen LogP) is 6.98. The van der Waals surface area contributed by atoms with Gasteiger partial charge in [-0.2, -0.15) is 0 Å². The Kier molecular flexibility index (Phi) is 7.19. The van der Waals surface area contributed by atoms with E-state index in [1.54, 1.807) is 25.3 Å². The Morgan fingerprint density at radius 3 is 2.30 bits per heavy atom. The zero-order valence-electron chi connectivity index (χ0n) is 18.8. The summed E-state index contributed by atoms with van der Waals surface area (Å²) in [6.07, 6.45) is 10.9. The van der Waals surface area contributed by atoms with Gasteiger partial charge in [0.05, 0.1) is 13.2 Å². The molecule has 2 unspecified atom stereocenters. The van der Waals surface area contributed by atoms with Crippen molar-refractivity contribution in [2.24, 2.45) is 0 Å². The molecule has 0 saturated carbocycles. The van der Waals surface area contributed by atoms with Crippen LogP contribution in [0.4, 0.5) is 13.2 Å². The monoisotopic (exact) mass is 452 g/mol. The molecular formula is C28H27F3O2. The van der Waals surface area contributed by atoms with Gasteiger partial charge in [-0.1, -0.05) is 54.6 Å². The molecular weight excluding hydrogens is 425 g/mol. The van der Waals surface area contributed by atoms with Crippen LogP contribution in [0.25, 0.3) is 5.57 Å². The van der Waals surface area contributed by atoms with Crippen LogP contribution in [0.1, 0.15) is 41.0 Å². The van der Waals surface area contributed by atoms with Crippen molar-refractivity contribution < 1.29 is 22.6 Å². The number of allylic oxidation sites excluding steroid dienone is 5. The maximum atomic E-state index is 14.8. The van der Waals surface area contributed by atoms with Crippen LogP contribution in [0.15, 0.2) is 78.4 Å². The van der Waals surface area contributed by atoms with Crippen LogP contribution in [-0.4, -0.2) is 20.3 Å². The van der Waals surface area contributed by atoms with E-state index in [0.29, 0.717) is 42.6 Å². The fourth-order valence-corrected chi connectivity index (χ4v) is 4.26. The molecule has 2 aromatic rings. The van der Waals surface area contributed by atoms with Gasteiger partial charge in [-0.15, -0.1) is 0 Å². The Balaban J connectivity index is 1.41. The molecule has 0 aliphatic heterocycles. The van der Waals surface area contributed by atoms with Crippen molar-refractivity contribution in [3.8, 4) is 0 Å². The smallest absolute Gasteiger partial charge is 0.166 e. The summed E-state index contributed by atoms with van der Waals surface area (Å²) in [5.41, 5.74) is 3.14. The van der Waals surface area contributed by atoms with Gasteiger partial charge in [-0.05, 0) is 54.0 Å². The topological polar surface area (TPSA) is 18.5 Å². The molecule has 0 heterocycles. The number of methoxy groups -OCH3 is 2. The third kappa shape index (κ3) is 5.14. The lowest BCUT2D eigenvalue weighted by molar-refractivity contribution is 0.143. The Morgan fingerprint density at radius 1 is 0.879 bits per heavy atom. The van der Waals surface area contributed by atoms with Crippen molar-refractivity contribution >= 4 is 5.57 Å². The van der Waals surface area contributed by atoms with Gasteiger partial charge in [-0.25, -0.2) is 13.2 Å². The van der Waals surface area contributed by atoms with Gasteiger partial charge in [0.2, 0.25) is 0 Å².